The molecule has 1 heterocycles. The Labute approximate surface area is 99.8 Å². The van der Waals surface area contributed by atoms with Crippen molar-refractivity contribution >= 4 is 17.3 Å². The second-order valence-electron chi connectivity index (χ2n) is 4.04. The van der Waals surface area contributed by atoms with Crippen LogP contribution in [0.2, 0.25) is 5.02 Å². The lowest BCUT2D eigenvalue weighted by atomic mass is 10.1. The fourth-order valence-electron chi connectivity index (χ4n) is 1.50. The molecule has 4 heteroatoms. The van der Waals surface area contributed by atoms with Crippen LogP contribution in [0.4, 0.5) is 5.69 Å². The van der Waals surface area contributed by atoms with Crippen LogP contribution in [-0.4, -0.2) is 9.78 Å². The van der Waals surface area contributed by atoms with Gasteiger partial charge in [0.25, 0.3) is 0 Å². The van der Waals surface area contributed by atoms with E-state index in [1.165, 1.54) is 0 Å². The third kappa shape index (κ3) is 2.04. The second kappa shape index (κ2) is 4.18. The minimum Gasteiger partial charge on any atom is -0.397 e. The van der Waals surface area contributed by atoms with Gasteiger partial charge in [-0.25, -0.2) is 4.68 Å². The van der Waals surface area contributed by atoms with Gasteiger partial charge < -0.3 is 5.73 Å². The van der Waals surface area contributed by atoms with Crippen LogP contribution in [0.5, 0.6) is 0 Å². The second-order valence-corrected chi connectivity index (χ2v) is 4.48. The molecular weight excluding hydrogens is 222 g/mol. The summed E-state index contributed by atoms with van der Waals surface area (Å²) in [5.41, 5.74) is 8.42. The number of rotatable bonds is 2. The predicted octanol–water partition coefficient (Wildman–Crippen LogP) is 3.23. The maximum absolute atomic E-state index is 5.94. The van der Waals surface area contributed by atoms with Crippen LogP contribution in [0.3, 0.4) is 0 Å². The van der Waals surface area contributed by atoms with E-state index in [9.17, 15) is 0 Å². The molecule has 0 aliphatic carbocycles. The summed E-state index contributed by atoms with van der Waals surface area (Å²) in [6.45, 7) is 4.21. The van der Waals surface area contributed by atoms with Crippen molar-refractivity contribution in [3.05, 3.63) is 41.2 Å². The smallest absolute Gasteiger partial charge is 0.0889 e. The van der Waals surface area contributed by atoms with Crippen LogP contribution in [0.25, 0.3) is 5.69 Å². The number of nitrogens with zero attached hydrogens (tertiary/aromatic N) is 2. The molecule has 2 rings (SSSR count). The largest absolute Gasteiger partial charge is 0.397 e. The highest BCUT2D eigenvalue weighted by Crippen LogP contribution is 2.22. The van der Waals surface area contributed by atoms with Gasteiger partial charge in [-0.2, -0.15) is 5.10 Å². The van der Waals surface area contributed by atoms with E-state index in [2.05, 4.69) is 18.9 Å². The average Bonchev–Trinajstić information content (AvgIpc) is 2.70. The van der Waals surface area contributed by atoms with Crippen LogP contribution in [0.1, 0.15) is 25.5 Å². The maximum Gasteiger partial charge on any atom is 0.0889 e. The molecule has 0 atom stereocenters. The Morgan fingerprint density at radius 2 is 2.06 bits per heavy atom. The van der Waals surface area contributed by atoms with Gasteiger partial charge in [-0.15, -0.1) is 0 Å². The Morgan fingerprint density at radius 3 is 2.69 bits per heavy atom. The van der Waals surface area contributed by atoms with Gasteiger partial charge >= 0.3 is 0 Å². The summed E-state index contributed by atoms with van der Waals surface area (Å²) in [7, 11) is 0. The Morgan fingerprint density at radius 1 is 1.31 bits per heavy atom. The van der Waals surface area contributed by atoms with Gasteiger partial charge in [0.15, 0.2) is 0 Å². The van der Waals surface area contributed by atoms with E-state index in [0.29, 0.717) is 16.6 Å². The number of benzene rings is 1. The molecule has 0 saturated heterocycles. The van der Waals surface area contributed by atoms with Crippen LogP contribution in [0, 0.1) is 0 Å². The Balaban J connectivity index is 2.46. The number of hydrogen-bond acceptors (Lipinski definition) is 2. The van der Waals surface area contributed by atoms with Crippen molar-refractivity contribution in [2.24, 2.45) is 0 Å². The predicted molar refractivity (Wildman–Crippen MR) is 67.1 cm³/mol. The quantitative estimate of drug-likeness (QED) is 0.813. The molecule has 0 aliphatic heterocycles. The van der Waals surface area contributed by atoms with Gasteiger partial charge in [0.2, 0.25) is 0 Å². The molecule has 0 aliphatic rings. The summed E-state index contributed by atoms with van der Waals surface area (Å²) in [5.74, 6) is 0.404. The Hall–Kier alpha value is -1.48. The molecule has 16 heavy (non-hydrogen) atoms. The number of nitrogen functional groups attached to an aromatic ring is 1. The van der Waals surface area contributed by atoms with Gasteiger partial charge in [0.1, 0.15) is 0 Å². The molecule has 3 nitrogen and oxygen atoms in total. The van der Waals surface area contributed by atoms with E-state index in [0.717, 1.165) is 11.4 Å². The van der Waals surface area contributed by atoms with Crippen molar-refractivity contribution in [3.63, 3.8) is 0 Å². The van der Waals surface area contributed by atoms with Gasteiger partial charge in [0.05, 0.1) is 17.1 Å². The SMILES string of the molecule is CC(C)c1ccn(-c2cc(Cl)ccc2N)n1. The van der Waals surface area contributed by atoms with Crippen LogP contribution in [0.15, 0.2) is 30.5 Å². The molecule has 0 unspecified atom stereocenters. The first-order valence-electron chi connectivity index (χ1n) is 5.19. The monoisotopic (exact) mass is 235 g/mol. The highest BCUT2D eigenvalue weighted by atomic mass is 35.5. The van der Waals surface area contributed by atoms with Crippen LogP contribution >= 0.6 is 11.6 Å². The van der Waals surface area contributed by atoms with Crippen LogP contribution in [-0.2, 0) is 0 Å². The number of hydrogen-bond donors (Lipinski definition) is 1. The van der Waals surface area contributed by atoms with Gasteiger partial charge in [-0.3, -0.25) is 0 Å². The minimum atomic E-state index is 0.404. The minimum absolute atomic E-state index is 0.404. The number of anilines is 1. The van der Waals surface area contributed by atoms with E-state index < -0.39 is 0 Å². The number of aromatic nitrogens is 2. The zero-order chi connectivity index (χ0) is 11.7. The van der Waals surface area contributed by atoms with E-state index in [1.807, 2.05) is 18.3 Å². The summed E-state index contributed by atoms with van der Waals surface area (Å²) in [6.07, 6.45) is 1.90. The lowest BCUT2D eigenvalue weighted by molar-refractivity contribution is 0.769. The molecule has 0 amide bonds. The van der Waals surface area contributed by atoms with Gasteiger partial charge in [0, 0.05) is 11.2 Å². The van der Waals surface area contributed by atoms with Crippen molar-refractivity contribution in [1.82, 2.24) is 9.78 Å². The Bertz CT molecular complexity index is 503. The molecule has 0 fully saturated rings. The number of halogens is 1. The van der Waals surface area contributed by atoms with Crippen molar-refractivity contribution < 1.29 is 0 Å². The molecule has 2 N–H and O–H groups in total. The normalized spacial score (nSPS) is 11.0. The molecule has 1 aromatic heterocycles. The van der Waals surface area contributed by atoms with Crippen molar-refractivity contribution in [1.29, 1.82) is 0 Å². The molecule has 0 bridgehead atoms. The fraction of sp³-hybridized carbons (Fsp3) is 0.250. The molecule has 1 aromatic carbocycles. The maximum atomic E-state index is 5.94. The first-order chi connectivity index (χ1) is 7.58. The van der Waals surface area contributed by atoms with Crippen molar-refractivity contribution in [2.75, 3.05) is 5.73 Å². The topological polar surface area (TPSA) is 43.8 Å². The highest BCUT2D eigenvalue weighted by Gasteiger charge is 2.07. The zero-order valence-corrected chi connectivity index (χ0v) is 10.1. The first-order valence-corrected chi connectivity index (χ1v) is 5.56. The van der Waals surface area contributed by atoms with E-state index in [1.54, 1.807) is 16.8 Å². The third-order valence-electron chi connectivity index (χ3n) is 2.44. The molecule has 0 radical (unpaired) electrons. The molecular formula is C12H14ClN3. The Kier molecular flexibility index (Phi) is 2.88. The highest BCUT2D eigenvalue weighted by molar-refractivity contribution is 6.30. The standard InChI is InChI=1S/C12H14ClN3/c1-8(2)11-5-6-16(15-11)12-7-9(13)3-4-10(12)14/h3-8H,14H2,1-2H3. The van der Waals surface area contributed by atoms with E-state index >= 15 is 0 Å². The lowest BCUT2D eigenvalue weighted by Gasteiger charge is -2.06. The molecule has 84 valence electrons. The lowest BCUT2D eigenvalue weighted by Crippen LogP contribution is -2.01. The van der Waals surface area contributed by atoms with Gasteiger partial charge in [-0.05, 0) is 30.2 Å². The van der Waals surface area contributed by atoms with E-state index in [4.69, 9.17) is 17.3 Å². The third-order valence-corrected chi connectivity index (χ3v) is 2.68. The summed E-state index contributed by atoms with van der Waals surface area (Å²) in [6, 6.07) is 7.36. The number of nitrogens with two attached hydrogens (primary N) is 1. The van der Waals surface area contributed by atoms with Crippen molar-refractivity contribution in [2.45, 2.75) is 19.8 Å². The molecule has 0 spiro atoms. The van der Waals surface area contributed by atoms with Crippen LogP contribution < -0.4 is 5.73 Å². The average molecular weight is 236 g/mol. The first kappa shape index (κ1) is 11.0. The van der Waals surface area contributed by atoms with Gasteiger partial charge in [-0.1, -0.05) is 25.4 Å². The fourth-order valence-corrected chi connectivity index (χ4v) is 1.66. The summed E-state index contributed by atoms with van der Waals surface area (Å²) in [4.78, 5) is 0. The summed E-state index contributed by atoms with van der Waals surface area (Å²) in [5, 5.41) is 5.12. The van der Waals surface area contributed by atoms with Crippen molar-refractivity contribution in [3.8, 4) is 5.69 Å². The van der Waals surface area contributed by atoms with E-state index in [-0.39, 0.29) is 0 Å². The summed E-state index contributed by atoms with van der Waals surface area (Å²) < 4.78 is 1.76. The molecule has 2 aromatic rings. The summed E-state index contributed by atoms with van der Waals surface area (Å²) >= 11 is 5.94. The zero-order valence-electron chi connectivity index (χ0n) is 9.31. The molecule has 0 saturated carbocycles.